The summed E-state index contributed by atoms with van der Waals surface area (Å²) in [7, 11) is -3.40. The first kappa shape index (κ1) is 20.3. The van der Waals surface area contributed by atoms with Crippen LogP contribution in [0.4, 0.5) is 5.69 Å². The summed E-state index contributed by atoms with van der Waals surface area (Å²) in [6, 6.07) is 10.7. The molecule has 2 atom stereocenters. The fraction of sp³-hybridized carbons (Fsp3) is 0.300. The number of anilines is 1. The summed E-state index contributed by atoms with van der Waals surface area (Å²) >= 11 is 1.50. The molecule has 3 rings (SSSR count). The van der Waals surface area contributed by atoms with E-state index < -0.39 is 21.9 Å². The van der Waals surface area contributed by atoms with Gasteiger partial charge in [-0.25, -0.2) is 8.42 Å². The predicted molar refractivity (Wildman–Crippen MR) is 110 cm³/mol. The van der Waals surface area contributed by atoms with Crippen LogP contribution in [0.25, 0.3) is 5.57 Å². The van der Waals surface area contributed by atoms with E-state index in [1.54, 1.807) is 25.1 Å². The Hall–Kier alpha value is -2.45. The second-order valence-corrected chi connectivity index (χ2v) is 9.31. The van der Waals surface area contributed by atoms with E-state index >= 15 is 0 Å². The standard InChI is InChI=1S/C20H21NO5S2/c1-3-26-20(23)19-16(18-8-5-9-27-18)11-14(12-17(19)22)13-6-4-7-15(10-13)21-28(2,24)25/h4-10,12,16,19,21H,3,11H2,1-2H3/t16-,19+/m1/s1. The molecule has 6 nitrogen and oxygen atoms in total. The molecule has 148 valence electrons. The van der Waals surface area contributed by atoms with Crippen molar-refractivity contribution < 1.29 is 22.7 Å². The molecule has 0 spiro atoms. The highest BCUT2D eigenvalue weighted by atomic mass is 32.2. The van der Waals surface area contributed by atoms with Gasteiger partial charge in [-0.1, -0.05) is 18.2 Å². The summed E-state index contributed by atoms with van der Waals surface area (Å²) in [5.41, 5.74) is 1.93. The molecule has 1 N–H and O–H groups in total. The minimum atomic E-state index is -3.40. The maximum absolute atomic E-state index is 12.8. The first-order chi connectivity index (χ1) is 13.3. The van der Waals surface area contributed by atoms with Crippen LogP contribution in [0.15, 0.2) is 47.9 Å². The van der Waals surface area contributed by atoms with E-state index in [0.29, 0.717) is 12.1 Å². The second-order valence-electron chi connectivity index (χ2n) is 6.58. The van der Waals surface area contributed by atoms with Crippen molar-refractivity contribution in [3.63, 3.8) is 0 Å². The molecule has 1 aliphatic rings. The van der Waals surface area contributed by atoms with Crippen LogP contribution in [-0.4, -0.2) is 33.0 Å². The van der Waals surface area contributed by atoms with Gasteiger partial charge < -0.3 is 4.74 Å². The van der Waals surface area contributed by atoms with Crippen LogP contribution >= 0.6 is 11.3 Å². The number of rotatable bonds is 6. The summed E-state index contributed by atoms with van der Waals surface area (Å²) in [4.78, 5) is 26.2. The van der Waals surface area contributed by atoms with Crippen LogP contribution in [-0.2, 0) is 24.3 Å². The number of sulfonamides is 1. The van der Waals surface area contributed by atoms with Crippen molar-refractivity contribution in [1.29, 1.82) is 0 Å². The predicted octanol–water partition coefficient (Wildman–Crippen LogP) is 3.44. The van der Waals surface area contributed by atoms with Crippen LogP contribution < -0.4 is 4.72 Å². The van der Waals surface area contributed by atoms with Crippen LogP contribution in [0, 0.1) is 5.92 Å². The van der Waals surface area contributed by atoms with E-state index in [9.17, 15) is 18.0 Å². The van der Waals surface area contributed by atoms with Gasteiger partial charge in [-0.2, -0.15) is 0 Å². The first-order valence-electron chi connectivity index (χ1n) is 8.81. The summed E-state index contributed by atoms with van der Waals surface area (Å²) in [5.74, 6) is -1.97. The molecule has 28 heavy (non-hydrogen) atoms. The fourth-order valence-electron chi connectivity index (χ4n) is 3.35. The van der Waals surface area contributed by atoms with Gasteiger partial charge in [0.05, 0.1) is 12.9 Å². The van der Waals surface area contributed by atoms with Crippen molar-refractivity contribution in [2.75, 3.05) is 17.6 Å². The zero-order valence-electron chi connectivity index (χ0n) is 15.5. The molecule has 1 aliphatic carbocycles. The average Bonchev–Trinajstić information content (AvgIpc) is 3.14. The lowest BCUT2D eigenvalue weighted by Gasteiger charge is -2.28. The van der Waals surface area contributed by atoms with E-state index in [2.05, 4.69) is 4.72 Å². The number of ketones is 1. The van der Waals surface area contributed by atoms with Crippen molar-refractivity contribution in [2.24, 2.45) is 5.92 Å². The molecule has 0 saturated heterocycles. The minimum Gasteiger partial charge on any atom is -0.465 e. The molecule has 0 aliphatic heterocycles. The third kappa shape index (κ3) is 4.69. The Kier molecular flexibility index (Phi) is 6.00. The number of esters is 1. The molecular weight excluding hydrogens is 398 g/mol. The normalized spacial score (nSPS) is 19.8. The molecule has 0 bridgehead atoms. The molecular formula is C20H21NO5S2. The molecule has 0 unspecified atom stereocenters. The zero-order chi connectivity index (χ0) is 20.3. The monoisotopic (exact) mass is 419 g/mol. The Labute approximate surface area is 168 Å². The lowest BCUT2D eigenvalue weighted by atomic mass is 9.76. The number of ether oxygens (including phenoxy) is 1. The van der Waals surface area contributed by atoms with Crippen LogP contribution in [0.2, 0.25) is 0 Å². The number of benzene rings is 1. The zero-order valence-corrected chi connectivity index (χ0v) is 17.2. The third-order valence-electron chi connectivity index (χ3n) is 4.45. The molecule has 2 aromatic rings. The van der Waals surface area contributed by atoms with Crippen LogP contribution in [0.1, 0.15) is 29.7 Å². The lowest BCUT2D eigenvalue weighted by molar-refractivity contribution is -0.151. The largest absolute Gasteiger partial charge is 0.465 e. The van der Waals surface area contributed by atoms with Gasteiger partial charge in [-0.15, -0.1) is 11.3 Å². The molecule has 0 radical (unpaired) electrons. The SMILES string of the molecule is CCOC(=O)[C@@H]1C(=O)C=C(c2cccc(NS(C)(=O)=O)c2)C[C@@H]1c1cccs1. The van der Waals surface area contributed by atoms with Gasteiger partial charge in [0.15, 0.2) is 5.78 Å². The number of carbonyl (C=O) groups is 2. The van der Waals surface area contributed by atoms with E-state index in [-0.39, 0.29) is 18.3 Å². The van der Waals surface area contributed by atoms with Crippen molar-refractivity contribution in [2.45, 2.75) is 19.3 Å². The quantitative estimate of drug-likeness (QED) is 0.572. The number of allylic oxidation sites excluding steroid dienone is 2. The minimum absolute atomic E-state index is 0.218. The van der Waals surface area contributed by atoms with E-state index in [0.717, 1.165) is 22.3 Å². The van der Waals surface area contributed by atoms with Gasteiger partial charge in [0.25, 0.3) is 0 Å². The molecule has 0 amide bonds. The molecule has 0 fully saturated rings. The molecule has 0 saturated carbocycles. The molecule has 8 heteroatoms. The third-order valence-corrected chi connectivity index (χ3v) is 6.06. The maximum atomic E-state index is 12.8. The topological polar surface area (TPSA) is 89.5 Å². The summed E-state index contributed by atoms with van der Waals surface area (Å²) < 4.78 is 30.6. The second kappa shape index (κ2) is 8.28. The number of hydrogen-bond acceptors (Lipinski definition) is 6. The van der Waals surface area contributed by atoms with Gasteiger partial charge in [-0.3, -0.25) is 14.3 Å². The molecule has 1 heterocycles. The van der Waals surface area contributed by atoms with Gasteiger partial charge in [0.1, 0.15) is 5.92 Å². The number of hydrogen-bond donors (Lipinski definition) is 1. The first-order valence-corrected chi connectivity index (χ1v) is 11.6. The number of thiophene rings is 1. The Bertz CT molecular complexity index is 1010. The van der Waals surface area contributed by atoms with E-state index in [4.69, 9.17) is 4.74 Å². The smallest absolute Gasteiger partial charge is 0.317 e. The van der Waals surface area contributed by atoms with Gasteiger partial charge in [0, 0.05) is 16.5 Å². The lowest BCUT2D eigenvalue weighted by Crippen LogP contribution is -2.33. The summed E-state index contributed by atoms with van der Waals surface area (Å²) in [6.45, 7) is 1.93. The average molecular weight is 420 g/mol. The van der Waals surface area contributed by atoms with Gasteiger partial charge in [0.2, 0.25) is 10.0 Å². The van der Waals surface area contributed by atoms with Crippen LogP contribution in [0.5, 0.6) is 0 Å². The Morgan fingerprint density at radius 3 is 2.71 bits per heavy atom. The van der Waals surface area contributed by atoms with Crippen LogP contribution in [0.3, 0.4) is 0 Å². The highest BCUT2D eigenvalue weighted by Crippen LogP contribution is 2.42. The van der Waals surface area contributed by atoms with Gasteiger partial charge in [-0.05, 0) is 54.1 Å². The summed E-state index contributed by atoms with van der Waals surface area (Å²) in [6.07, 6.45) is 3.04. The molecule has 1 aromatic heterocycles. The Morgan fingerprint density at radius 2 is 2.07 bits per heavy atom. The van der Waals surface area contributed by atoms with Crippen molar-refractivity contribution in [1.82, 2.24) is 0 Å². The van der Waals surface area contributed by atoms with E-state index in [1.165, 1.54) is 17.4 Å². The number of carbonyl (C=O) groups excluding carboxylic acids is 2. The van der Waals surface area contributed by atoms with Gasteiger partial charge >= 0.3 is 5.97 Å². The maximum Gasteiger partial charge on any atom is 0.317 e. The summed E-state index contributed by atoms with van der Waals surface area (Å²) in [5, 5.41) is 1.91. The molecule has 1 aromatic carbocycles. The van der Waals surface area contributed by atoms with E-state index in [1.807, 2.05) is 23.6 Å². The van der Waals surface area contributed by atoms with Crippen molar-refractivity contribution in [3.05, 3.63) is 58.3 Å². The highest BCUT2D eigenvalue weighted by Gasteiger charge is 2.40. The number of nitrogens with one attached hydrogen (secondary N) is 1. The van der Waals surface area contributed by atoms with Crippen molar-refractivity contribution in [3.8, 4) is 0 Å². The Balaban J connectivity index is 1.97. The fourth-order valence-corrected chi connectivity index (χ4v) is 4.77. The highest BCUT2D eigenvalue weighted by molar-refractivity contribution is 7.92. The Morgan fingerprint density at radius 1 is 1.29 bits per heavy atom. The van der Waals surface area contributed by atoms with Crippen molar-refractivity contribution >= 4 is 44.4 Å².